The molecule has 0 N–H and O–H groups in total. The number of morpholine rings is 1. The summed E-state index contributed by atoms with van der Waals surface area (Å²) in [6, 6.07) is 2.23. The highest BCUT2D eigenvalue weighted by atomic mass is 16.5. The summed E-state index contributed by atoms with van der Waals surface area (Å²) < 4.78 is 5.19. The molecule has 1 aliphatic heterocycles. The molecule has 1 saturated heterocycles. The van der Waals surface area contributed by atoms with Gasteiger partial charge in [0.05, 0.1) is 25.2 Å². The van der Waals surface area contributed by atoms with E-state index < -0.39 is 0 Å². The average molecular weight is 154 g/mol. The lowest BCUT2D eigenvalue weighted by Crippen LogP contribution is -2.38. The fraction of sp³-hybridized carbons (Fsp3) is 0.875. The molecule has 0 aromatic heterocycles. The molecule has 0 amide bonds. The zero-order valence-electron chi connectivity index (χ0n) is 6.92. The number of ether oxygens (including phenoxy) is 1. The average Bonchev–Trinajstić information content (AvgIpc) is 2.06. The molecule has 11 heavy (non-hydrogen) atoms. The highest BCUT2D eigenvalue weighted by Gasteiger charge is 2.12. The molecule has 0 aliphatic carbocycles. The van der Waals surface area contributed by atoms with E-state index in [-0.39, 0.29) is 5.92 Å². The van der Waals surface area contributed by atoms with Crippen LogP contribution in [0.1, 0.15) is 6.92 Å². The van der Waals surface area contributed by atoms with E-state index in [0.29, 0.717) is 0 Å². The van der Waals surface area contributed by atoms with Crippen molar-refractivity contribution < 1.29 is 4.74 Å². The molecule has 1 rings (SSSR count). The van der Waals surface area contributed by atoms with Crippen molar-refractivity contribution in [1.82, 2.24) is 4.90 Å². The molecule has 1 heterocycles. The second kappa shape index (κ2) is 4.32. The van der Waals surface area contributed by atoms with Crippen molar-refractivity contribution >= 4 is 0 Å². The van der Waals surface area contributed by atoms with Crippen molar-refractivity contribution in [2.24, 2.45) is 5.92 Å². The predicted molar refractivity (Wildman–Crippen MR) is 42.0 cm³/mol. The molecule has 3 nitrogen and oxygen atoms in total. The van der Waals surface area contributed by atoms with Gasteiger partial charge in [-0.2, -0.15) is 5.26 Å². The topological polar surface area (TPSA) is 36.3 Å². The number of nitrogens with zero attached hydrogens (tertiary/aromatic N) is 2. The Morgan fingerprint density at radius 1 is 1.55 bits per heavy atom. The standard InChI is InChI=1S/C8H14N2O/c1-8(6-9)7-10-2-4-11-5-3-10/h8H,2-5,7H2,1H3/t8-/m0/s1. The molecule has 1 aliphatic rings. The zero-order chi connectivity index (χ0) is 8.10. The Morgan fingerprint density at radius 3 is 2.73 bits per heavy atom. The molecule has 0 spiro atoms. The van der Waals surface area contributed by atoms with Gasteiger partial charge in [0, 0.05) is 19.6 Å². The minimum atomic E-state index is 0.146. The first kappa shape index (κ1) is 8.51. The second-order valence-corrected chi connectivity index (χ2v) is 2.94. The monoisotopic (exact) mass is 154 g/mol. The van der Waals surface area contributed by atoms with Crippen molar-refractivity contribution in [2.45, 2.75) is 6.92 Å². The molecule has 0 bridgehead atoms. The summed E-state index contributed by atoms with van der Waals surface area (Å²) in [4.78, 5) is 2.28. The maximum absolute atomic E-state index is 8.56. The Bertz CT molecular complexity index is 147. The number of hydrogen-bond donors (Lipinski definition) is 0. The first-order chi connectivity index (χ1) is 5.33. The second-order valence-electron chi connectivity index (χ2n) is 2.94. The Morgan fingerprint density at radius 2 is 2.18 bits per heavy atom. The fourth-order valence-electron chi connectivity index (χ4n) is 1.21. The lowest BCUT2D eigenvalue weighted by Gasteiger charge is -2.27. The summed E-state index contributed by atoms with van der Waals surface area (Å²) in [6.45, 7) is 6.43. The van der Waals surface area contributed by atoms with E-state index in [2.05, 4.69) is 11.0 Å². The maximum atomic E-state index is 8.56. The van der Waals surface area contributed by atoms with Crippen molar-refractivity contribution in [1.29, 1.82) is 5.26 Å². The van der Waals surface area contributed by atoms with Crippen LogP contribution < -0.4 is 0 Å². The number of hydrogen-bond acceptors (Lipinski definition) is 3. The van der Waals surface area contributed by atoms with Gasteiger partial charge in [0.25, 0.3) is 0 Å². The number of rotatable bonds is 2. The molecular formula is C8H14N2O. The van der Waals surface area contributed by atoms with Gasteiger partial charge in [0.15, 0.2) is 0 Å². The normalized spacial score (nSPS) is 22.5. The molecule has 0 radical (unpaired) electrons. The van der Waals surface area contributed by atoms with Crippen LogP contribution in [0.5, 0.6) is 0 Å². The van der Waals surface area contributed by atoms with Gasteiger partial charge < -0.3 is 4.74 Å². The van der Waals surface area contributed by atoms with Crippen molar-refractivity contribution in [3.05, 3.63) is 0 Å². The summed E-state index contributed by atoms with van der Waals surface area (Å²) in [5.41, 5.74) is 0. The highest BCUT2D eigenvalue weighted by Crippen LogP contribution is 2.01. The third-order valence-corrected chi connectivity index (χ3v) is 1.86. The summed E-state index contributed by atoms with van der Waals surface area (Å²) in [7, 11) is 0. The molecular weight excluding hydrogens is 140 g/mol. The molecule has 62 valence electrons. The van der Waals surface area contributed by atoms with Gasteiger partial charge in [-0.25, -0.2) is 0 Å². The highest BCUT2D eigenvalue weighted by molar-refractivity contribution is 4.81. The predicted octanol–water partition coefficient (Wildman–Crippen LogP) is 0.478. The SMILES string of the molecule is C[C@@H](C#N)CN1CCOCC1. The van der Waals surface area contributed by atoms with Crippen molar-refractivity contribution in [3.63, 3.8) is 0 Å². The van der Waals surface area contributed by atoms with Crippen LogP contribution >= 0.6 is 0 Å². The maximum Gasteiger partial charge on any atom is 0.0666 e. The quantitative estimate of drug-likeness (QED) is 0.580. The van der Waals surface area contributed by atoms with Crippen LogP contribution in [0.25, 0.3) is 0 Å². The largest absolute Gasteiger partial charge is 0.379 e. The summed E-state index contributed by atoms with van der Waals surface area (Å²) in [5, 5.41) is 8.56. The van der Waals surface area contributed by atoms with E-state index >= 15 is 0 Å². The Hall–Kier alpha value is -0.590. The Kier molecular flexibility index (Phi) is 3.34. The summed E-state index contributed by atoms with van der Waals surface area (Å²) in [6.07, 6.45) is 0. The minimum absolute atomic E-state index is 0.146. The third-order valence-electron chi connectivity index (χ3n) is 1.86. The zero-order valence-corrected chi connectivity index (χ0v) is 6.92. The molecule has 0 aromatic carbocycles. The Balaban J connectivity index is 2.20. The minimum Gasteiger partial charge on any atom is -0.379 e. The van der Waals surface area contributed by atoms with Gasteiger partial charge in [-0.15, -0.1) is 0 Å². The van der Waals surface area contributed by atoms with E-state index in [1.807, 2.05) is 6.92 Å². The van der Waals surface area contributed by atoms with Crippen LogP contribution in [-0.2, 0) is 4.74 Å². The molecule has 1 atom stereocenters. The fourth-order valence-corrected chi connectivity index (χ4v) is 1.21. The van der Waals surface area contributed by atoms with Gasteiger partial charge in [-0.3, -0.25) is 4.90 Å². The molecule has 0 saturated carbocycles. The van der Waals surface area contributed by atoms with Gasteiger partial charge in [0.1, 0.15) is 0 Å². The molecule has 0 aromatic rings. The van der Waals surface area contributed by atoms with Crippen LogP contribution in [-0.4, -0.2) is 37.7 Å². The lowest BCUT2D eigenvalue weighted by atomic mass is 10.2. The summed E-state index contributed by atoms with van der Waals surface area (Å²) >= 11 is 0. The molecule has 1 fully saturated rings. The number of nitriles is 1. The van der Waals surface area contributed by atoms with E-state index in [0.717, 1.165) is 32.8 Å². The smallest absolute Gasteiger partial charge is 0.0666 e. The van der Waals surface area contributed by atoms with Crippen molar-refractivity contribution in [3.8, 4) is 6.07 Å². The van der Waals surface area contributed by atoms with Crippen molar-refractivity contribution in [2.75, 3.05) is 32.8 Å². The molecule has 0 unspecified atom stereocenters. The first-order valence-electron chi connectivity index (χ1n) is 4.02. The van der Waals surface area contributed by atoms with Crippen LogP contribution in [0, 0.1) is 17.2 Å². The Labute approximate surface area is 67.6 Å². The third kappa shape index (κ3) is 2.87. The van der Waals surface area contributed by atoms with E-state index in [1.165, 1.54) is 0 Å². The lowest BCUT2D eigenvalue weighted by molar-refractivity contribution is 0.0346. The van der Waals surface area contributed by atoms with Gasteiger partial charge in [0.2, 0.25) is 0 Å². The van der Waals surface area contributed by atoms with Crippen LogP contribution in [0.4, 0.5) is 0 Å². The first-order valence-corrected chi connectivity index (χ1v) is 4.02. The van der Waals surface area contributed by atoms with Crippen LogP contribution in [0.3, 0.4) is 0 Å². The van der Waals surface area contributed by atoms with E-state index in [1.54, 1.807) is 0 Å². The van der Waals surface area contributed by atoms with Crippen LogP contribution in [0.15, 0.2) is 0 Å². The van der Waals surface area contributed by atoms with Crippen LogP contribution in [0.2, 0.25) is 0 Å². The van der Waals surface area contributed by atoms with Gasteiger partial charge in [-0.1, -0.05) is 0 Å². The molecule has 3 heteroatoms. The van der Waals surface area contributed by atoms with E-state index in [4.69, 9.17) is 10.00 Å². The summed E-state index contributed by atoms with van der Waals surface area (Å²) in [5.74, 6) is 0.146. The van der Waals surface area contributed by atoms with Gasteiger partial charge in [-0.05, 0) is 6.92 Å². The van der Waals surface area contributed by atoms with E-state index in [9.17, 15) is 0 Å². The van der Waals surface area contributed by atoms with Gasteiger partial charge >= 0.3 is 0 Å².